The van der Waals surface area contributed by atoms with E-state index in [-0.39, 0.29) is 25.2 Å². The molecule has 1 saturated heterocycles. The summed E-state index contributed by atoms with van der Waals surface area (Å²) in [6.45, 7) is 8.51. The number of amides is 1. The number of likely N-dealkylation sites (tertiary alicyclic amines) is 1. The van der Waals surface area contributed by atoms with E-state index >= 15 is 0 Å². The van der Waals surface area contributed by atoms with E-state index in [0.717, 1.165) is 34.9 Å². The van der Waals surface area contributed by atoms with Crippen molar-refractivity contribution in [2.75, 3.05) is 13.1 Å². The van der Waals surface area contributed by atoms with Gasteiger partial charge in [-0.1, -0.05) is 25.1 Å². The normalized spacial score (nSPS) is 14.1. The van der Waals surface area contributed by atoms with Crippen molar-refractivity contribution in [1.29, 1.82) is 0 Å². The number of benzene rings is 3. The molecule has 0 aromatic heterocycles. The Hall–Kier alpha value is -4.14. The van der Waals surface area contributed by atoms with Crippen LogP contribution in [0, 0.1) is 6.07 Å². The fourth-order valence-corrected chi connectivity index (χ4v) is 5.18. The Morgan fingerprint density at radius 1 is 1.00 bits per heavy atom. The lowest BCUT2D eigenvalue weighted by Crippen LogP contribution is -2.44. The number of rotatable bonds is 8. The van der Waals surface area contributed by atoms with E-state index in [9.17, 15) is 18.0 Å². The second-order valence-corrected chi connectivity index (χ2v) is 12.7. The molecule has 1 heterocycles. The summed E-state index contributed by atoms with van der Waals surface area (Å²) >= 11 is 0. The van der Waals surface area contributed by atoms with Crippen molar-refractivity contribution >= 4 is 38.8 Å². The minimum Gasteiger partial charge on any atom is -0.490 e. The average molecular weight is 609 g/mol. The highest BCUT2D eigenvalue weighted by Gasteiger charge is 2.27. The zero-order valence-corrected chi connectivity index (χ0v) is 25.8. The van der Waals surface area contributed by atoms with Crippen LogP contribution in [0.2, 0.25) is 0 Å². The second-order valence-electron chi connectivity index (χ2n) is 11.4. The van der Waals surface area contributed by atoms with E-state index in [1.165, 1.54) is 0 Å². The molecule has 0 radical (unpaired) electrons. The predicted molar refractivity (Wildman–Crippen MR) is 165 cm³/mol. The van der Waals surface area contributed by atoms with Crippen LogP contribution in [0.5, 0.6) is 5.75 Å². The summed E-state index contributed by atoms with van der Waals surface area (Å²) in [5.74, 6) is -0.0452. The maximum absolute atomic E-state index is 12.3. The fraction of sp³-hybridized carbons (Fsp3) is 0.406. The van der Waals surface area contributed by atoms with Gasteiger partial charge in [-0.25, -0.2) is 4.79 Å². The Labute approximate surface area is 253 Å². The molecule has 0 bridgehead atoms. The number of fused-ring (bicyclic) bond motifs is 1. The third-order valence-corrected chi connectivity index (χ3v) is 7.46. The molecule has 0 aliphatic carbocycles. The standard InChI is InChI=1S/C32H38N3O7S/c1-5-6-30(36)42-43(38,39)34-22-24-8-10-25-9-7-23(19-26(25)20-24)21-33-27-11-13-28(14-12-27)40-29-15-17-35(18-16-29)31(37)41-32(2,3)4/h7-14,19-20,29,34H,5-6,15-18,22H2,1-4H3/q+1. The number of nitrogens with zero attached hydrogens (tertiary/aromatic N) is 2. The Bertz CT molecular complexity index is 1610. The van der Waals surface area contributed by atoms with Crippen LogP contribution < -0.4 is 9.46 Å². The number of ether oxygens (including phenoxy) is 2. The number of piperidine rings is 1. The highest BCUT2D eigenvalue weighted by Crippen LogP contribution is 2.24. The summed E-state index contributed by atoms with van der Waals surface area (Å²) in [6.07, 6.45) is 1.73. The molecule has 0 atom stereocenters. The molecule has 3 aromatic carbocycles. The van der Waals surface area contributed by atoms with Gasteiger partial charge in [0.2, 0.25) is 0 Å². The molecule has 1 N–H and O–H groups in total. The number of carbonyl (C=O) groups is 2. The first-order valence-corrected chi connectivity index (χ1v) is 15.8. The summed E-state index contributed by atoms with van der Waals surface area (Å²) in [5.41, 5.74) is 1.68. The molecular formula is C32H38N3O7S+. The van der Waals surface area contributed by atoms with E-state index in [1.54, 1.807) is 11.8 Å². The van der Waals surface area contributed by atoms with Crippen molar-refractivity contribution in [1.82, 2.24) is 9.62 Å². The molecule has 43 heavy (non-hydrogen) atoms. The molecule has 1 aliphatic heterocycles. The molecule has 1 aliphatic rings. The Balaban J connectivity index is 1.32. The maximum Gasteiger partial charge on any atom is 0.410 e. The molecule has 10 nitrogen and oxygen atoms in total. The van der Waals surface area contributed by atoms with Crippen molar-refractivity contribution in [2.45, 2.75) is 71.6 Å². The zero-order valence-electron chi connectivity index (χ0n) is 25.0. The van der Waals surface area contributed by atoms with Crippen LogP contribution in [0.25, 0.3) is 15.6 Å². The van der Waals surface area contributed by atoms with Crippen LogP contribution in [0.1, 0.15) is 64.5 Å². The van der Waals surface area contributed by atoms with Gasteiger partial charge in [-0.2, -0.15) is 13.1 Å². The SMILES string of the molecule is CCCC(=O)OS(=O)(=O)NCc1ccc2ccc(C#[N+]c3ccc(OC4CCN(C(=O)OC(C)(C)C)CC4)cc3)cc2c1. The van der Waals surface area contributed by atoms with Gasteiger partial charge >= 0.3 is 34.1 Å². The van der Waals surface area contributed by atoms with Gasteiger partial charge in [0.25, 0.3) is 0 Å². The van der Waals surface area contributed by atoms with Gasteiger partial charge in [0.1, 0.15) is 23.0 Å². The quantitative estimate of drug-likeness (QED) is 0.319. The van der Waals surface area contributed by atoms with E-state index in [2.05, 4.69) is 19.8 Å². The van der Waals surface area contributed by atoms with Crippen molar-refractivity contribution in [2.24, 2.45) is 0 Å². The molecular weight excluding hydrogens is 570 g/mol. The lowest BCUT2D eigenvalue weighted by molar-refractivity contribution is -0.133. The van der Waals surface area contributed by atoms with Crippen molar-refractivity contribution in [3.8, 4) is 11.8 Å². The first-order chi connectivity index (χ1) is 20.4. The molecule has 4 rings (SSSR count). The Morgan fingerprint density at radius 3 is 2.37 bits per heavy atom. The highest BCUT2D eigenvalue weighted by atomic mass is 32.2. The van der Waals surface area contributed by atoms with Gasteiger partial charge in [-0.3, -0.25) is 4.79 Å². The molecule has 0 saturated carbocycles. The number of nitrogens with one attached hydrogen (secondary N) is 1. The van der Waals surface area contributed by atoms with E-state index in [4.69, 9.17) is 9.47 Å². The summed E-state index contributed by atoms with van der Waals surface area (Å²) < 4.78 is 42.4. The van der Waals surface area contributed by atoms with E-state index < -0.39 is 21.9 Å². The minimum absolute atomic E-state index is 0.0169. The van der Waals surface area contributed by atoms with E-state index in [1.807, 2.05) is 81.4 Å². The third-order valence-electron chi connectivity index (χ3n) is 6.56. The van der Waals surface area contributed by atoms with Crippen LogP contribution >= 0.6 is 0 Å². The molecule has 228 valence electrons. The van der Waals surface area contributed by atoms with Crippen LogP contribution in [-0.2, 0) is 30.6 Å². The van der Waals surface area contributed by atoms with Gasteiger partial charge in [-0.05, 0) is 78.7 Å². The van der Waals surface area contributed by atoms with Crippen LogP contribution in [0.3, 0.4) is 0 Å². The van der Waals surface area contributed by atoms with Crippen LogP contribution in [-0.4, -0.2) is 50.2 Å². The molecule has 0 spiro atoms. The Morgan fingerprint density at radius 2 is 1.70 bits per heavy atom. The molecule has 1 amide bonds. The minimum atomic E-state index is -4.18. The third kappa shape index (κ3) is 9.98. The zero-order chi connectivity index (χ0) is 31.0. The molecule has 0 unspecified atom stereocenters. The van der Waals surface area contributed by atoms with Crippen molar-refractivity contribution in [3.63, 3.8) is 0 Å². The molecule has 1 fully saturated rings. The molecule has 3 aromatic rings. The number of carbonyl (C=O) groups excluding carboxylic acids is 2. The second kappa shape index (κ2) is 13.9. The summed E-state index contributed by atoms with van der Waals surface area (Å²) in [6, 6.07) is 21.8. The first kappa shape index (κ1) is 31.8. The van der Waals surface area contributed by atoms with Gasteiger partial charge < -0.3 is 18.6 Å². The Kier molecular flexibility index (Phi) is 10.3. The number of hydrogen-bond donors (Lipinski definition) is 1. The highest BCUT2D eigenvalue weighted by molar-refractivity contribution is 7.85. The summed E-state index contributed by atoms with van der Waals surface area (Å²) in [5, 5.41) is 1.87. The molecule has 11 heteroatoms. The van der Waals surface area contributed by atoms with Gasteiger partial charge in [0.05, 0.1) is 0 Å². The van der Waals surface area contributed by atoms with E-state index in [0.29, 0.717) is 30.8 Å². The van der Waals surface area contributed by atoms with Crippen molar-refractivity contribution in [3.05, 3.63) is 76.6 Å². The maximum atomic E-state index is 12.3. The predicted octanol–water partition coefficient (Wildman–Crippen LogP) is 6.31. The van der Waals surface area contributed by atoms with Crippen LogP contribution in [0.4, 0.5) is 10.5 Å². The van der Waals surface area contributed by atoms with Crippen LogP contribution in [0.15, 0.2) is 60.7 Å². The smallest absolute Gasteiger partial charge is 0.410 e. The van der Waals surface area contributed by atoms with Gasteiger partial charge in [0.15, 0.2) is 0 Å². The average Bonchev–Trinajstić information content (AvgIpc) is 2.95. The van der Waals surface area contributed by atoms with Crippen molar-refractivity contribution < 1.29 is 31.7 Å². The largest absolute Gasteiger partial charge is 0.490 e. The summed E-state index contributed by atoms with van der Waals surface area (Å²) in [4.78, 5) is 30.0. The lowest BCUT2D eigenvalue weighted by Gasteiger charge is -2.33. The summed E-state index contributed by atoms with van der Waals surface area (Å²) in [7, 11) is -4.18. The number of hydrogen-bond acceptors (Lipinski definition) is 7. The fourth-order valence-electron chi connectivity index (χ4n) is 4.45. The first-order valence-electron chi connectivity index (χ1n) is 14.3. The van der Waals surface area contributed by atoms with Gasteiger partial charge in [0, 0.05) is 51.0 Å². The van der Waals surface area contributed by atoms with Gasteiger partial charge in [-0.15, -0.1) is 0 Å². The topological polar surface area (TPSA) is 116 Å². The monoisotopic (exact) mass is 608 g/mol. The lowest BCUT2D eigenvalue weighted by atomic mass is 10.0.